The van der Waals surface area contributed by atoms with Crippen molar-refractivity contribution in [2.45, 2.75) is 89.8 Å². The highest BCUT2D eigenvalue weighted by atomic mass is 32.2. The van der Waals surface area contributed by atoms with E-state index in [0.717, 1.165) is 88.7 Å². The van der Waals surface area contributed by atoms with Crippen molar-refractivity contribution in [2.75, 3.05) is 25.6 Å². The third kappa shape index (κ3) is 9.68. The van der Waals surface area contributed by atoms with Gasteiger partial charge >= 0.3 is 11.9 Å². The number of nitrogens with one attached hydrogen (secondary N) is 6. The van der Waals surface area contributed by atoms with Gasteiger partial charge in [-0.1, -0.05) is 0 Å². The Morgan fingerprint density at radius 3 is 1.60 bits per heavy atom. The number of nitrogens with two attached hydrogens (primary N) is 2. The highest BCUT2D eigenvalue weighted by Crippen LogP contribution is 2.36. The van der Waals surface area contributed by atoms with Crippen molar-refractivity contribution in [2.24, 2.45) is 11.5 Å². The highest BCUT2D eigenvalue weighted by molar-refractivity contribution is 7.99. The summed E-state index contributed by atoms with van der Waals surface area (Å²) in [6, 6.07) is -1.36. The lowest BCUT2D eigenvalue weighted by Gasteiger charge is -2.16. The number of amides is 2. The van der Waals surface area contributed by atoms with Crippen LogP contribution in [0.4, 0.5) is 0 Å². The number of thioether (sulfide) groups is 2. The number of hydrogen-bond donors (Lipinski definition) is 10. The van der Waals surface area contributed by atoms with E-state index in [0.29, 0.717) is 17.9 Å². The van der Waals surface area contributed by atoms with Gasteiger partial charge in [0.2, 0.25) is 11.8 Å². The number of carboxylic acids is 2. The van der Waals surface area contributed by atoms with Crippen LogP contribution in [0.3, 0.4) is 0 Å². The SMILES string of the molecule is CNC(=O)[C@H](N)CS[C@H](C)c1c2[nH]c(c1C)C=c1[nH]c(c(C)c1[C@H](C)SC[C@H](N)C(=O)NC)=Cc1[nH]c(c(CCC(=O)O)c1C)C=c1[nH]c(c(C)c1CCC(=O)O)=C2. The van der Waals surface area contributed by atoms with Crippen LogP contribution in [0.5, 0.6) is 0 Å². The lowest BCUT2D eigenvalue weighted by Crippen LogP contribution is -2.40. The fraction of sp³-hybridized carbons (Fsp3) is 0.429. The van der Waals surface area contributed by atoms with E-state index in [1.165, 1.54) is 0 Å². The summed E-state index contributed by atoms with van der Waals surface area (Å²) in [5.41, 5.74) is 23.4. The van der Waals surface area contributed by atoms with Gasteiger partial charge in [-0.25, -0.2) is 0 Å². The molecule has 0 aliphatic carbocycles. The van der Waals surface area contributed by atoms with E-state index in [2.05, 4.69) is 64.3 Å². The van der Waals surface area contributed by atoms with Gasteiger partial charge in [-0.2, -0.15) is 23.5 Å². The molecule has 312 valence electrons. The Bertz CT molecular complexity index is 2470. The van der Waals surface area contributed by atoms with Crippen molar-refractivity contribution in [1.82, 2.24) is 30.6 Å². The average molecular weight is 833 g/mol. The molecule has 0 aromatic carbocycles. The quantitative estimate of drug-likeness (QED) is 0.0689. The molecule has 5 heterocycles. The minimum atomic E-state index is -0.907. The number of aliphatic carboxylic acids is 2. The summed E-state index contributed by atoms with van der Waals surface area (Å²) in [7, 11) is 3.14. The highest BCUT2D eigenvalue weighted by Gasteiger charge is 2.24. The molecule has 0 fully saturated rings. The maximum Gasteiger partial charge on any atom is 0.303 e. The zero-order chi connectivity index (χ0) is 42.6. The molecule has 14 nitrogen and oxygen atoms in total. The molecule has 2 amide bonds. The van der Waals surface area contributed by atoms with Crippen molar-refractivity contribution in [3.63, 3.8) is 0 Å². The topological polar surface area (TPSA) is 248 Å². The van der Waals surface area contributed by atoms with E-state index >= 15 is 0 Å². The monoisotopic (exact) mass is 832 g/mol. The van der Waals surface area contributed by atoms with Crippen molar-refractivity contribution in [3.8, 4) is 0 Å². The predicted molar refractivity (Wildman–Crippen MR) is 233 cm³/mol. The normalized spacial score (nSPS) is 14.2. The fourth-order valence-electron chi connectivity index (χ4n) is 7.63. The van der Waals surface area contributed by atoms with Crippen molar-refractivity contribution < 1.29 is 29.4 Å². The number of carbonyl (C=O) groups is 4. The van der Waals surface area contributed by atoms with Gasteiger partial charge in [-0.15, -0.1) is 0 Å². The smallest absolute Gasteiger partial charge is 0.303 e. The maximum atomic E-state index is 12.3. The zero-order valence-electron chi connectivity index (χ0n) is 34.4. The Hall–Kier alpha value is -4.90. The number of H-pyrrole nitrogens is 4. The lowest BCUT2D eigenvalue weighted by atomic mass is 10.0. The molecule has 0 spiro atoms. The Morgan fingerprint density at radius 1 is 0.586 bits per heavy atom. The Morgan fingerprint density at radius 2 is 1.03 bits per heavy atom. The summed E-state index contributed by atoms with van der Waals surface area (Å²) >= 11 is 3.18. The van der Waals surface area contributed by atoms with E-state index in [9.17, 15) is 29.4 Å². The molecule has 1 aliphatic heterocycles. The van der Waals surface area contributed by atoms with E-state index in [1.54, 1.807) is 37.6 Å². The van der Waals surface area contributed by atoms with E-state index in [4.69, 9.17) is 11.5 Å². The predicted octanol–water partition coefficient (Wildman–Crippen LogP) is 1.63. The largest absolute Gasteiger partial charge is 0.481 e. The number of carboxylic acid groups (broad SMARTS) is 2. The van der Waals surface area contributed by atoms with E-state index in [-0.39, 0.29) is 41.6 Å². The third-order valence-electron chi connectivity index (χ3n) is 11.0. The molecule has 16 heteroatoms. The molecule has 8 bridgehead atoms. The summed E-state index contributed by atoms with van der Waals surface area (Å²) in [4.78, 5) is 62.8. The molecule has 0 saturated heterocycles. The first-order chi connectivity index (χ1) is 27.4. The van der Waals surface area contributed by atoms with E-state index < -0.39 is 24.0 Å². The molecule has 58 heavy (non-hydrogen) atoms. The van der Waals surface area contributed by atoms with Crippen LogP contribution in [0.1, 0.15) is 104 Å². The van der Waals surface area contributed by atoms with Crippen LogP contribution < -0.4 is 43.5 Å². The molecule has 0 radical (unpaired) electrons. The van der Waals surface area contributed by atoms with Crippen LogP contribution in [0.25, 0.3) is 24.3 Å². The second kappa shape index (κ2) is 18.8. The number of carbonyl (C=O) groups excluding carboxylic acids is 2. The fourth-order valence-corrected chi connectivity index (χ4v) is 9.87. The molecule has 0 unspecified atom stereocenters. The first-order valence-electron chi connectivity index (χ1n) is 19.3. The Kier molecular flexibility index (Phi) is 14.3. The average Bonchev–Trinajstić information content (AvgIpc) is 3.85. The summed E-state index contributed by atoms with van der Waals surface area (Å²) < 4.78 is 0. The van der Waals surface area contributed by atoms with Gasteiger partial charge in [0.1, 0.15) is 0 Å². The molecule has 4 aromatic rings. The van der Waals surface area contributed by atoms with Gasteiger partial charge in [-0.05, 0) is 123 Å². The first kappa shape index (κ1) is 44.2. The van der Waals surface area contributed by atoms with Crippen LogP contribution in [-0.2, 0) is 32.0 Å². The van der Waals surface area contributed by atoms with Gasteiger partial charge < -0.3 is 52.2 Å². The first-order valence-corrected chi connectivity index (χ1v) is 21.4. The molecule has 4 aromatic heterocycles. The number of aromatic amines is 4. The number of hydrogen-bond acceptors (Lipinski definition) is 8. The zero-order valence-corrected chi connectivity index (χ0v) is 36.0. The van der Waals surface area contributed by atoms with Gasteiger partial charge in [0.25, 0.3) is 0 Å². The third-order valence-corrected chi connectivity index (χ3v) is 13.6. The van der Waals surface area contributed by atoms with Crippen molar-refractivity contribution in [1.29, 1.82) is 0 Å². The minimum absolute atomic E-state index is 0.0625. The van der Waals surface area contributed by atoms with Gasteiger partial charge in [-0.3, -0.25) is 19.2 Å². The Labute approximate surface area is 345 Å². The number of fused-ring (bicyclic) bond motifs is 8. The second-order valence-corrected chi connectivity index (χ2v) is 17.6. The van der Waals surface area contributed by atoms with Crippen LogP contribution in [-0.4, -0.2) is 91.6 Å². The Balaban J connectivity index is 1.84. The molecular weight excluding hydrogens is 777 g/mol. The second-order valence-electron chi connectivity index (χ2n) is 14.9. The van der Waals surface area contributed by atoms with Gasteiger partial charge in [0.05, 0.1) is 12.1 Å². The van der Waals surface area contributed by atoms with Crippen LogP contribution in [0.15, 0.2) is 0 Å². The molecule has 0 saturated carbocycles. The number of likely N-dealkylation sites (N-methyl/N-ethyl adjacent to an activating group) is 2. The molecular formula is C42H56N8O6S2. The molecule has 12 N–H and O–H groups in total. The van der Waals surface area contributed by atoms with Crippen LogP contribution >= 0.6 is 23.5 Å². The van der Waals surface area contributed by atoms with Crippen molar-refractivity contribution >= 4 is 71.6 Å². The standard InChI is InChI=1S/C42H56N8O6S2/c1-19-25(9-11-37(51)52)33-16-34-26(10-12-38(53)54)20(2)30(48-34)14-35-40(24(6)58-18-28(44)42(56)46-8)22(4)32(50-35)15-36-39(21(3)31(49-36)13-29(19)47-33)23(5)57-17-27(43)41(55)45-7/h13-16,23-24,27-28,47-50H,9-12,17-18,43-44H2,1-8H3,(H,45,55)(H,46,56)(H,51,52)(H,53,54)/t23-,24+,27-,28+/m0/s1. The summed E-state index contributed by atoms with van der Waals surface area (Å²) in [5, 5.41) is 27.8. The summed E-state index contributed by atoms with van der Waals surface area (Å²) in [6.45, 7) is 12.3. The molecule has 4 atom stereocenters. The lowest BCUT2D eigenvalue weighted by molar-refractivity contribution is -0.138. The van der Waals surface area contributed by atoms with Gasteiger partial charge in [0, 0.05) is 93.1 Å². The molecule has 5 rings (SSSR count). The summed E-state index contributed by atoms with van der Waals surface area (Å²) in [5.74, 6) is -1.46. The minimum Gasteiger partial charge on any atom is -0.481 e. The summed E-state index contributed by atoms with van der Waals surface area (Å²) in [6.07, 6.45) is 8.61. The number of rotatable bonds is 16. The van der Waals surface area contributed by atoms with E-state index in [1.807, 2.05) is 32.1 Å². The molecule has 1 aliphatic rings. The van der Waals surface area contributed by atoms with Gasteiger partial charge in [0.15, 0.2) is 0 Å². The van der Waals surface area contributed by atoms with Crippen LogP contribution in [0, 0.1) is 27.7 Å². The number of aromatic nitrogens is 4. The maximum absolute atomic E-state index is 12.3. The van der Waals surface area contributed by atoms with Crippen LogP contribution in [0.2, 0.25) is 0 Å². The van der Waals surface area contributed by atoms with Crippen molar-refractivity contribution in [3.05, 3.63) is 88.7 Å².